The van der Waals surface area contributed by atoms with E-state index >= 15 is 0 Å². The SMILES string of the molecule is O=C(Cn1ccn(C2CC2)c1=O)c1ccccc1Br. The molecule has 0 radical (unpaired) electrons. The van der Waals surface area contributed by atoms with E-state index in [1.807, 2.05) is 18.2 Å². The van der Waals surface area contributed by atoms with Crippen molar-refractivity contribution < 1.29 is 4.79 Å². The number of carbonyl (C=O) groups excluding carboxylic acids is 1. The topological polar surface area (TPSA) is 44.0 Å². The smallest absolute Gasteiger partial charge is 0.296 e. The molecule has 0 saturated heterocycles. The number of benzene rings is 1. The minimum atomic E-state index is -0.0945. The van der Waals surface area contributed by atoms with Gasteiger partial charge in [0.05, 0.1) is 6.54 Å². The largest absolute Gasteiger partial charge is 0.328 e. The Morgan fingerprint density at radius 2 is 2.00 bits per heavy atom. The van der Waals surface area contributed by atoms with Gasteiger partial charge in [0.15, 0.2) is 5.78 Å². The molecule has 98 valence electrons. The minimum Gasteiger partial charge on any atom is -0.296 e. The molecule has 0 unspecified atom stereocenters. The van der Waals surface area contributed by atoms with Crippen LogP contribution in [0.1, 0.15) is 29.2 Å². The van der Waals surface area contributed by atoms with Gasteiger partial charge in [-0.05, 0) is 18.9 Å². The fourth-order valence-electron chi connectivity index (χ4n) is 2.11. The van der Waals surface area contributed by atoms with Crippen molar-refractivity contribution in [1.29, 1.82) is 0 Å². The third kappa shape index (κ3) is 2.42. The number of imidazole rings is 1. The molecular formula is C14H13BrN2O2. The summed E-state index contributed by atoms with van der Waals surface area (Å²) in [7, 11) is 0. The first-order chi connectivity index (χ1) is 9.16. The van der Waals surface area contributed by atoms with E-state index in [0.29, 0.717) is 11.6 Å². The second-order valence-corrected chi connectivity index (χ2v) is 5.60. The summed E-state index contributed by atoms with van der Waals surface area (Å²) in [6, 6.07) is 7.60. The monoisotopic (exact) mass is 320 g/mol. The van der Waals surface area contributed by atoms with Gasteiger partial charge in [0.25, 0.3) is 0 Å². The van der Waals surface area contributed by atoms with Gasteiger partial charge in [0.2, 0.25) is 0 Å². The van der Waals surface area contributed by atoms with Crippen molar-refractivity contribution in [2.45, 2.75) is 25.4 Å². The second-order valence-electron chi connectivity index (χ2n) is 4.75. The van der Waals surface area contributed by atoms with Crippen molar-refractivity contribution in [2.24, 2.45) is 0 Å². The maximum Gasteiger partial charge on any atom is 0.328 e. The maximum absolute atomic E-state index is 12.2. The van der Waals surface area contributed by atoms with E-state index in [1.165, 1.54) is 4.57 Å². The molecule has 1 saturated carbocycles. The average molecular weight is 321 g/mol. The number of halogens is 1. The number of ketones is 1. The summed E-state index contributed by atoms with van der Waals surface area (Å²) < 4.78 is 3.95. The molecule has 0 bridgehead atoms. The van der Waals surface area contributed by atoms with Crippen molar-refractivity contribution >= 4 is 21.7 Å². The Morgan fingerprint density at radius 1 is 1.26 bits per heavy atom. The van der Waals surface area contributed by atoms with E-state index in [4.69, 9.17) is 0 Å². The van der Waals surface area contributed by atoms with Crippen molar-refractivity contribution in [1.82, 2.24) is 9.13 Å². The molecule has 4 nitrogen and oxygen atoms in total. The van der Waals surface area contributed by atoms with Gasteiger partial charge in [-0.3, -0.25) is 13.9 Å². The quantitative estimate of drug-likeness (QED) is 0.813. The Balaban J connectivity index is 1.84. The molecule has 3 rings (SSSR count). The molecule has 1 aliphatic rings. The lowest BCUT2D eigenvalue weighted by Gasteiger charge is -2.04. The van der Waals surface area contributed by atoms with E-state index in [2.05, 4.69) is 15.9 Å². The average Bonchev–Trinajstić information content (AvgIpc) is 3.17. The lowest BCUT2D eigenvalue weighted by molar-refractivity contribution is 0.0970. The van der Waals surface area contributed by atoms with Crippen molar-refractivity contribution in [2.75, 3.05) is 0 Å². The Bertz CT molecular complexity index is 683. The van der Waals surface area contributed by atoms with Crippen LogP contribution in [0.15, 0.2) is 45.9 Å². The number of Topliss-reactive ketones (excluding diaryl/α,β-unsaturated/α-hetero) is 1. The molecule has 1 fully saturated rings. The van der Waals surface area contributed by atoms with Gasteiger partial charge >= 0.3 is 5.69 Å². The summed E-state index contributed by atoms with van der Waals surface area (Å²) in [5.41, 5.74) is 0.511. The van der Waals surface area contributed by atoms with Gasteiger partial charge in [-0.15, -0.1) is 0 Å². The highest BCUT2D eigenvalue weighted by atomic mass is 79.9. The first kappa shape index (κ1) is 12.4. The first-order valence-corrected chi connectivity index (χ1v) is 7.01. The van der Waals surface area contributed by atoms with Gasteiger partial charge in [-0.25, -0.2) is 4.79 Å². The summed E-state index contributed by atoms with van der Waals surface area (Å²) in [5.74, 6) is -0.0666. The molecule has 0 aliphatic heterocycles. The third-order valence-electron chi connectivity index (χ3n) is 3.30. The van der Waals surface area contributed by atoms with Crippen molar-refractivity contribution in [3.63, 3.8) is 0 Å². The minimum absolute atomic E-state index is 0.0666. The zero-order chi connectivity index (χ0) is 13.4. The van der Waals surface area contributed by atoms with Crippen LogP contribution < -0.4 is 5.69 Å². The summed E-state index contributed by atoms with van der Waals surface area (Å²) in [6.07, 6.45) is 5.58. The van der Waals surface area contributed by atoms with E-state index in [9.17, 15) is 9.59 Å². The lowest BCUT2D eigenvalue weighted by Crippen LogP contribution is -2.26. The van der Waals surface area contributed by atoms with Crippen LogP contribution in [0.2, 0.25) is 0 Å². The highest BCUT2D eigenvalue weighted by Gasteiger charge is 2.25. The zero-order valence-corrected chi connectivity index (χ0v) is 11.8. The third-order valence-corrected chi connectivity index (χ3v) is 3.99. The predicted octanol–water partition coefficient (Wildman–Crippen LogP) is 2.63. The van der Waals surface area contributed by atoms with Gasteiger partial charge in [-0.2, -0.15) is 0 Å². The van der Waals surface area contributed by atoms with Crippen LogP contribution in [0.3, 0.4) is 0 Å². The zero-order valence-electron chi connectivity index (χ0n) is 10.3. The Hall–Kier alpha value is -1.62. The van der Waals surface area contributed by atoms with Gasteiger partial charge < -0.3 is 0 Å². The summed E-state index contributed by atoms with van der Waals surface area (Å²) in [6.45, 7) is 0.0845. The van der Waals surface area contributed by atoms with Crippen LogP contribution in [0, 0.1) is 0 Å². The summed E-state index contributed by atoms with van der Waals surface area (Å²) in [5, 5.41) is 0. The molecule has 1 aromatic carbocycles. The predicted molar refractivity (Wildman–Crippen MR) is 75.4 cm³/mol. The number of rotatable bonds is 4. The Kier molecular flexibility index (Phi) is 3.14. The van der Waals surface area contributed by atoms with E-state index < -0.39 is 0 Å². The maximum atomic E-state index is 12.2. The van der Waals surface area contributed by atoms with Gasteiger partial charge in [-0.1, -0.05) is 34.1 Å². The number of hydrogen-bond acceptors (Lipinski definition) is 2. The fraction of sp³-hybridized carbons (Fsp3) is 0.286. The highest BCUT2D eigenvalue weighted by Crippen LogP contribution is 2.33. The van der Waals surface area contributed by atoms with E-state index in [0.717, 1.165) is 17.3 Å². The second kappa shape index (κ2) is 4.81. The van der Waals surface area contributed by atoms with Crippen molar-refractivity contribution in [3.05, 3.63) is 57.2 Å². The van der Waals surface area contributed by atoms with Gasteiger partial charge in [0.1, 0.15) is 0 Å². The lowest BCUT2D eigenvalue weighted by atomic mass is 10.1. The number of carbonyl (C=O) groups is 1. The molecule has 0 atom stereocenters. The molecule has 5 heteroatoms. The molecule has 1 aliphatic carbocycles. The molecule has 19 heavy (non-hydrogen) atoms. The van der Waals surface area contributed by atoms with Crippen LogP contribution >= 0.6 is 15.9 Å². The Labute approximate surface area is 118 Å². The molecule has 1 heterocycles. The summed E-state index contributed by atoms with van der Waals surface area (Å²) >= 11 is 3.35. The number of hydrogen-bond donors (Lipinski definition) is 0. The molecular weight excluding hydrogens is 308 g/mol. The summed E-state index contributed by atoms with van der Waals surface area (Å²) in [4.78, 5) is 24.2. The van der Waals surface area contributed by atoms with E-state index in [1.54, 1.807) is 23.0 Å². The molecule has 0 amide bonds. The molecule has 0 spiro atoms. The van der Waals surface area contributed by atoms with Crippen LogP contribution in [0.4, 0.5) is 0 Å². The number of aromatic nitrogens is 2. The van der Waals surface area contributed by atoms with Crippen LogP contribution in [-0.4, -0.2) is 14.9 Å². The van der Waals surface area contributed by atoms with Crippen molar-refractivity contribution in [3.8, 4) is 0 Å². The normalized spacial score (nSPS) is 14.6. The van der Waals surface area contributed by atoms with Crippen LogP contribution in [0.5, 0.6) is 0 Å². The molecule has 2 aromatic rings. The fourth-order valence-corrected chi connectivity index (χ4v) is 2.61. The van der Waals surface area contributed by atoms with Gasteiger partial charge in [0, 0.05) is 28.5 Å². The standard InChI is InChI=1S/C14H13BrN2O2/c15-12-4-2-1-3-11(12)13(18)9-16-7-8-17(14(16)19)10-5-6-10/h1-4,7-8,10H,5-6,9H2. The van der Waals surface area contributed by atoms with E-state index in [-0.39, 0.29) is 18.0 Å². The molecule has 1 aromatic heterocycles. The number of nitrogens with zero attached hydrogens (tertiary/aromatic N) is 2. The highest BCUT2D eigenvalue weighted by molar-refractivity contribution is 9.10. The van der Waals surface area contributed by atoms with Crippen LogP contribution in [-0.2, 0) is 6.54 Å². The first-order valence-electron chi connectivity index (χ1n) is 6.22. The van der Waals surface area contributed by atoms with Crippen LogP contribution in [0.25, 0.3) is 0 Å². The Morgan fingerprint density at radius 3 is 2.68 bits per heavy atom. The molecule has 0 N–H and O–H groups in total.